The van der Waals surface area contributed by atoms with Gasteiger partial charge in [0.25, 0.3) is 12.3 Å². The van der Waals surface area contributed by atoms with E-state index in [0.29, 0.717) is 4.68 Å². The molecule has 0 spiro atoms. The first kappa shape index (κ1) is 17.1. The minimum absolute atomic E-state index is 0.0459. The molecule has 0 aliphatic carbocycles. The molecule has 1 amide bonds. The number of hydrogen-bond acceptors (Lipinski definition) is 4. The van der Waals surface area contributed by atoms with E-state index in [1.807, 2.05) is 0 Å². The molecular weight excluding hydrogens is 346 g/mol. The van der Waals surface area contributed by atoms with Gasteiger partial charge in [0.2, 0.25) is 17.5 Å². The largest absolute Gasteiger partial charge is 0.447 e. The minimum atomic E-state index is -3.14. The summed E-state index contributed by atoms with van der Waals surface area (Å²) < 4.78 is 65.0. The van der Waals surface area contributed by atoms with Crippen molar-refractivity contribution in [3.8, 4) is 11.5 Å². The molecule has 3 rings (SSSR count). The SMILES string of the molecule is Cn1nc(C(F)F)c(C(=O)Nc2ccc(F)c3c2OC(C)(C)O3)c1F. The number of ether oxygens (including phenoxy) is 2. The van der Waals surface area contributed by atoms with E-state index in [2.05, 4.69) is 10.4 Å². The highest BCUT2D eigenvalue weighted by atomic mass is 19.3. The van der Waals surface area contributed by atoms with Crippen LogP contribution in [0.3, 0.4) is 0 Å². The van der Waals surface area contributed by atoms with Crippen LogP contribution in [0.15, 0.2) is 12.1 Å². The van der Waals surface area contributed by atoms with Crippen molar-refractivity contribution in [2.45, 2.75) is 26.1 Å². The summed E-state index contributed by atoms with van der Waals surface area (Å²) >= 11 is 0. The van der Waals surface area contributed by atoms with Gasteiger partial charge in [-0.15, -0.1) is 0 Å². The molecule has 0 unspecified atom stereocenters. The number of fused-ring (bicyclic) bond motifs is 1. The van der Waals surface area contributed by atoms with E-state index in [4.69, 9.17) is 9.47 Å². The second kappa shape index (κ2) is 5.64. The minimum Gasteiger partial charge on any atom is -0.447 e. The van der Waals surface area contributed by atoms with Crippen molar-refractivity contribution in [3.63, 3.8) is 0 Å². The predicted molar refractivity (Wildman–Crippen MR) is 77.8 cm³/mol. The fourth-order valence-electron chi connectivity index (χ4n) is 2.42. The highest BCUT2D eigenvalue weighted by Crippen LogP contribution is 2.46. The van der Waals surface area contributed by atoms with Gasteiger partial charge < -0.3 is 14.8 Å². The molecule has 1 N–H and O–H groups in total. The Kier molecular flexibility index (Phi) is 3.85. The van der Waals surface area contributed by atoms with Gasteiger partial charge in [-0.05, 0) is 12.1 Å². The van der Waals surface area contributed by atoms with Gasteiger partial charge in [-0.1, -0.05) is 0 Å². The Morgan fingerprint density at radius 2 is 1.88 bits per heavy atom. The van der Waals surface area contributed by atoms with Crippen LogP contribution in [0, 0.1) is 11.8 Å². The number of amides is 1. The molecule has 0 atom stereocenters. The molecule has 1 aliphatic rings. The van der Waals surface area contributed by atoms with Crippen LogP contribution in [-0.2, 0) is 7.05 Å². The van der Waals surface area contributed by atoms with Crippen molar-refractivity contribution in [2.24, 2.45) is 7.05 Å². The zero-order chi connectivity index (χ0) is 18.5. The Labute approximate surface area is 139 Å². The number of nitrogens with one attached hydrogen (secondary N) is 1. The number of anilines is 1. The summed E-state index contributed by atoms with van der Waals surface area (Å²) in [5.74, 6) is -4.63. The van der Waals surface area contributed by atoms with Crippen LogP contribution in [0.5, 0.6) is 11.5 Å². The zero-order valence-corrected chi connectivity index (χ0v) is 13.4. The first-order valence-corrected chi connectivity index (χ1v) is 7.13. The second-order valence-electron chi connectivity index (χ2n) is 5.79. The van der Waals surface area contributed by atoms with E-state index >= 15 is 0 Å². The lowest BCUT2D eigenvalue weighted by Crippen LogP contribution is -2.30. The van der Waals surface area contributed by atoms with Crippen molar-refractivity contribution in [1.82, 2.24) is 9.78 Å². The van der Waals surface area contributed by atoms with E-state index < -0.39 is 41.1 Å². The van der Waals surface area contributed by atoms with Gasteiger partial charge in [0.15, 0.2) is 11.6 Å². The van der Waals surface area contributed by atoms with Gasteiger partial charge in [0.05, 0.1) is 5.69 Å². The van der Waals surface area contributed by atoms with Crippen LogP contribution in [-0.4, -0.2) is 21.5 Å². The molecule has 134 valence electrons. The molecule has 10 heteroatoms. The maximum Gasteiger partial charge on any atom is 0.283 e. The standard InChI is InChI=1S/C15H13F4N3O3/c1-15(2)24-10-6(16)4-5-7(11(10)25-15)20-14(23)8-9(12(17)18)21-22(3)13(8)19/h4-5,12H,1-3H3,(H,20,23). The van der Waals surface area contributed by atoms with Gasteiger partial charge in [0.1, 0.15) is 11.3 Å². The second-order valence-corrected chi connectivity index (χ2v) is 5.79. The molecule has 1 aromatic heterocycles. The van der Waals surface area contributed by atoms with Crippen molar-refractivity contribution < 1.29 is 31.8 Å². The molecule has 6 nitrogen and oxygen atoms in total. The average Bonchev–Trinajstić information content (AvgIpc) is 3.00. The van der Waals surface area contributed by atoms with Gasteiger partial charge in [0, 0.05) is 20.9 Å². The quantitative estimate of drug-likeness (QED) is 0.853. The van der Waals surface area contributed by atoms with Crippen molar-refractivity contribution in [1.29, 1.82) is 0 Å². The fourth-order valence-corrected chi connectivity index (χ4v) is 2.42. The molecule has 0 radical (unpaired) electrons. The Bertz CT molecular complexity index is 864. The first-order chi connectivity index (χ1) is 11.6. The first-order valence-electron chi connectivity index (χ1n) is 7.13. The van der Waals surface area contributed by atoms with Crippen LogP contribution >= 0.6 is 0 Å². The molecule has 0 bridgehead atoms. The summed E-state index contributed by atoms with van der Waals surface area (Å²) in [6.07, 6.45) is -3.14. The number of halogens is 4. The molecule has 0 fully saturated rings. The third kappa shape index (κ3) is 2.87. The summed E-state index contributed by atoms with van der Waals surface area (Å²) in [6.45, 7) is 3.04. The number of hydrogen-bond donors (Lipinski definition) is 1. The number of alkyl halides is 2. The monoisotopic (exact) mass is 359 g/mol. The topological polar surface area (TPSA) is 65.4 Å². The molecule has 0 saturated heterocycles. The molecule has 1 aromatic carbocycles. The number of carbonyl (C=O) groups excluding carboxylic acids is 1. The molecule has 0 saturated carbocycles. The van der Waals surface area contributed by atoms with Crippen molar-refractivity contribution in [2.75, 3.05) is 5.32 Å². The Morgan fingerprint density at radius 3 is 2.52 bits per heavy atom. The lowest BCUT2D eigenvalue weighted by atomic mass is 10.2. The normalized spacial score (nSPS) is 14.9. The molecule has 2 aromatic rings. The molecular formula is C15H13F4N3O3. The zero-order valence-electron chi connectivity index (χ0n) is 13.4. The average molecular weight is 359 g/mol. The van der Waals surface area contributed by atoms with Crippen LogP contribution < -0.4 is 14.8 Å². The highest BCUT2D eigenvalue weighted by Gasteiger charge is 2.37. The summed E-state index contributed by atoms with van der Waals surface area (Å²) in [4.78, 5) is 12.3. The fraction of sp³-hybridized carbons (Fsp3) is 0.333. The van der Waals surface area contributed by atoms with Gasteiger partial charge in [-0.2, -0.15) is 9.49 Å². The lowest BCUT2D eigenvalue weighted by molar-refractivity contribution is -0.0442. The molecule has 2 heterocycles. The predicted octanol–water partition coefficient (Wildman–Crippen LogP) is 3.40. The number of rotatable bonds is 3. The maximum absolute atomic E-state index is 14.0. The Balaban J connectivity index is 1.98. The summed E-state index contributed by atoms with van der Waals surface area (Å²) in [5.41, 5.74) is -1.93. The smallest absolute Gasteiger partial charge is 0.283 e. The number of benzene rings is 1. The van der Waals surface area contributed by atoms with Crippen molar-refractivity contribution >= 4 is 11.6 Å². The van der Waals surface area contributed by atoms with E-state index in [1.54, 1.807) is 0 Å². The summed E-state index contributed by atoms with van der Waals surface area (Å²) in [6, 6.07) is 2.17. The van der Waals surface area contributed by atoms with Crippen LogP contribution in [0.4, 0.5) is 23.2 Å². The van der Waals surface area contributed by atoms with Gasteiger partial charge in [-0.25, -0.2) is 17.9 Å². The van der Waals surface area contributed by atoms with Crippen LogP contribution in [0.2, 0.25) is 0 Å². The van der Waals surface area contributed by atoms with E-state index in [-0.39, 0.29) is 17.2 Å². The van der Waals surface area contributed by atoms with E-state index in [1.165, 1.54) is 13.8 Å². The van der Waals surface area contributed by atoms with Crippen molar-refractivity contribution in [3.05, 3.63) is 35.2 Å². The highest BCUT2D eigenvalue weighted by molar-refractivity contribution is 6.06. The maximum atomic E-state index is 14.0. The number of carbonyl (C=O) groups is 1. The summed E-state index contributed by atoms with van der Waals surface area (Å²) in [5, 5.41) is 5.53. The molecule has 25 heavy (non-hydrogen) atoms. The van der Waals surface area contributed by atoms with Gasteiger partial charge in [-0.3, -0.25) is 4.79 Å². The number of aryl methyl sites for hydroxylation is 1. The van der Waals surface area contributed by atoms with Gasteiger partial charge >= 0.3 is 0 Å². The summed E-state index contributed by atoms with van der Waals surface area (Å²) in [7, 11) is 1.09. The number of aromatic nitrogens is 2. The van der Waals surface area contributed by atoms with Crippen LogP contribution in [0.25, 0.3) is 0 Å². The van der Waals surface area contributed by atoms with Crippen LogP contribution in [0.1, 0.15) is 36.3 Å². The third-order valence-corrected chi connectivity index (χ3v) is 3.45. The van der Waals surface area contributed by atoms with E-state index in [0.717, 1.165) is 19.2 Å². The third-order valence-electron chi connectivity index (χ3n) is 3.45. The van der Waals surface area contributed by atoms with E-state index in [9.17, 15) is 22.4 Å². The Hall–Kier alpha value is -2.78. The lowest BCUT2D eigenvalue weighted by Gasteiger charge is -2.16. The molecule has 1 aliphatic heterocycles. The Morgan fingerprint density at radius 1 is 1.24 bits per heavy atom. The number of nitrogens with zero attached hydrogens (tertiary/aromatic N) is 2.